The molecule has 9 aromatic rings. The molecule has 0 atom stereocenters. The minimum atomic E-state index is 0.871. The number of aryl methyl sites for hydroxylation is 2. The molecule has 0 saturated heterocycles. The van der Waals surface area contributed by atoms with Gasteiger partial charge in [0.2, 0.25) is 0 Å². The van der Waals surface area contributed by atoms with E-state index in [2.05, 4.69) is 192 Å². The van der Waals surface area contributed by atoms with Gasteiger partial charge in [-0.3, -0.25) is 0 Å². The fraction of sp³-hybridized carbons (Fsp3) is 0.0435. The standard InChI is InChI=1S/C46H33N3O/c1-30-12-23-42-44(28-30)50-45-29-31(2)13-24-43(45)48(42)35-18-20-36(21-19-35)49-41-11-7-6-10-37(41)38-22-25-40-39(46(38)49)26-27-47(40)34-16-14-33(15-17-34)32-8-4-3-5-9-32/h3-29H,1-2H3. The summed E-state index contributed by atoms with van der Waals surface area (Å²) in [6, 6.07) is 56.7. The topological polar surface area (TPSA) is 22.3 Å². The molecule has 4 heteroatoms. The summed E-state index contributed by atoms with van der Waals surface area (Å²) in [5, 5.41) is 3.71. The molecule has 4 nitrogen and oxygen atoms in total. The molecule has 0 N–H and O–H groups in total. The number of ether oxygens (including phenoxy) is 1. The fourth-order valence-corrected chi connectivity index (χ4v) is 7.67. The third-order valence-electron chi connectivity index (χ3n) is 10.1. The van der Waals surface area contributed by atoms with E-state index in [0.29, 0.717) is 0 Å². The van der Waals surface area contributed by atoms with Gasteiger partial charge in [0, 0.05) is 39.4 Å². The van der Waals surface area contributed by atoms with Crippen molar-refractivity contribution in [3.05, 3.63) is 175 Å². The second-order valence-electron chi connectivity index (χ2n) is 13.2. The van der Waals surface area contributed by atoms with Crippen LogP contribution < -0.4 is 9.64 Å². The Balaban J connectivity index is 1.11. The van der Waals surface area contributed by atoms with Gasteiger partial charge in [-0.25, -0.2) is 0 Å². The van der Waals surface area contributed by atoms with Crippen LogP contribution in [0.5, 0.6) is 11.5 Å². The van der Waals surface area contributed by atoms with E-state index in [0.717, 1.165) is 39.9 Å². The third kappa shape index (κ3) is 4.39. The van der Waals surface area contributed by atoms with Crippen LogP contribution in [0.2, 0.25) is 0 Å². The zero-order valence-corrected chi connectivity index (χ0v) is 27.8. The maximum Gasteiger partial charge on any atom is 0.151 e. The Morgan fingerprint density at radius 1 is 0.440 bits per heavy atom. The first-order valence-corrected chi connectivity index (χ1v) is 17.1. The average molecular weight is 644 g/mol. The summed E-state index contributed by atoms with van der Waals surface area (Å²) in [5.41, 5.74) is 13.8. The zero-order chi connectivity index (χ0) is 33.3. The van der Waals surface area contributed by atoms with E-state index < -0.39 is 0 Å². The Bertz CT molecular complexity index is 2680. The van der Waals surface area contributed by atoms with Gasteiger partial charge >= 0.3 is 0 Å². The summed E-state index contributed by atoms with van der Waals surface area (Å²) in [7, 11) is 0. The first-order chi connectivity index (χ1) is 24.6. The van der Waals surface area contributed by atoms with E-state index >= 15 is 0 Å². The minimum absolute atomic E-state index is 0.871. The molecule has 0 unspecified atom stereocenters. The van der Waals surface area contributed by atoms with Crippen molar-refractivity contribution >= 4 is 49.8 Å². The average Bonchev–Trinajstić information content (AvgIpc) is 3.74. The second kappa shape index (κ2) is 11.0. The molecule has 0 saturated carbocycles. The molecule has 0 radical (unpaired) electrons. The number of anilines is 3. The molecular weight excluding hydrogens is 611 g/mol. The molecule has 0 aliphatic carbocycles. The van der Waals surface area contributed by atoms with Gasteiger partial charge in [-0.1, -0.05) is 78.9 Å². The van der Waals surface area contributed by atoms with Crippen LogP contribution in [0.3, 0.4) is 0 Å². The van der Waals surface area contributed by atoms with Gasteiger partial charge in [0.15, 0.2) is 11.5 Å². The van der Waals surface area contributed by atoms with Crippen molar-refractivity contribution in [3.63, 3.8) is 0 Å². The van der Waals surface area contributed by atoms with Gasteiger partial charge < -0.3 is 18.8 Å². The van der Waals surface area contributed by atoms with Crippen LogP contribution in [0.1, 0.15) is 11.1 Å². The zero-order valence-electron chi connectivity index (χ0n) is 27.8. The predicted molar refractivity (Wildman–Crippen MR) is 207 cm³/mol. The summed E-state index contributed by atoms with van der Waals surface area (Å²) in [6.07, 6.45) is 2.20. The maximum absolute atomic E-state index is 6.42. The lowest BCUT2D eigenvalue weighted by Gasteiger charge is -2.33. The normalized spacial score (nSPS) is 12.3. The molecule has 238 valence electrons. The number of rotatable bonds is 4. The van der Waals surface area contributed by atoms with Crippen LogP contribution in [0, 0.1) is 13.8 Å². The lowest BCUT2D eigenvalue weighted by molar-refractivity contribution is 0.476. The number of aromatic nitrogens is 2. The molecular formula is C46H33N3O. The number of hydrogen-bond donors (Lipinski definition) is 0. The first-order valence-electron chi connectivity index (χ1n) is 17.1. The highest BCUT2D eigenvalue weighted by molar-refractivity contribution is 6.18. The van der Waals surface area contributed by atoms with Crippen molar-refractivity contribution in [2.24, 2.45) is 0 Å². The van der Waals surface area contributed by atoms with Crippen LogP contribution in [0.25, 0.3) is 55.2 Å². The van der Waals surface area contributed by atoms with Crippen LogP contribution in [0.4, 0.5) is 17.1 Å². The molecule has 50 heavy (non-hydrogen) atoms. The van der Waals surface area contributed by atoms with E-state index in [4.69, 9.17) is 4.74 Å². The monoisotopic (exact) mass is 643 g/mol. The third-order valence-corrected chi connectivity index (χ3v) is 10.1. The van der Waals surface area contributed by atoms with Gasteiger partial charge in [-0.15, -0.1) is 0 Å². The maximum atomic E-state index is 6.42. The number of hydrogen-bond acceptors (Lipinski definition) is 2. The first kappa shape index (κ1) is 28.5. The van der Waals surface area contributed by atoms with Crippen LogP contribution >= 0.6 is 0 Å². The second-order valence-corrected chi connectivity index (χ2v) is 13.2. The van der Waals surface area contributed by atoms with E-state index in [1.807, 2.05) is 0 Å². The molecule has 0 fully saturated rings. The Hall–Kier alpha value is -6.52. The molecule has 7 aromatic carbocycles. The Kier molecular flexibility index (Phi) is 6.27. The quantitative estimate of drug-likeness (QED) is 0.190. The van der Waals surface area contributed by atoms with Gasteiger partial charge in [0.1, 0.15) is 0 Å². The summed E-state index contributed by atoms with van der Waals surface area (Å²) >= 11 is 0. The SMILES string of the molecule is Cc1ccc2c(c1)Oc1cc(C)ccc1N2c1ccc(-n2c3ccccc3c3ccc4c(ccn4-c4ccc(-c5ccccc5)cc4)c32)cc1. The van der Waals surface area contributed by atoms with Crippen molar-refractivity contribution in [2.45, 2.75) is 13.8 Å². The summed E-state index contributed by atoms with van der Waals surface area (Å²) in [5.74, 6) is 1.74. The van der Waals surface area contributed by atoms with Gasteiger partial charge in [-0.05, 0) is 115 Å². The number of benzene rings is 7. The fourth-order valence-electron chi connectivity index (χ4n) is 7.67. The van der Waals surface area contributed by atoms with Crippen LogP contribution in [-0.2, 0) is 0 Å². The Morgan fingerprint density at radius 3 is 1.78 bits per heavy atom. The van der Waals surface area contributed by atoms with E-state index in [1.54, 1.807) is 0 Å². The van der Waals surface area contributed by atoms with Crippen LogP contribution in [0.15, 0.2) is 164 Å². The predicted octanol–water partition coefficient (Wildman–Crippen LogP) is 12.6. The lowest BCUT2D eigenvalue weighted by Crippen LogP contribution is -2.16. The molecule has 0 bridgehead atoms. The van der Waals surface area contributed by atoms with Gasteiger partial charge in [-0.2, -0.15) is 0 Å². The Labute approximate surface area is 290 Å². The van der Waals surface area contributed by atoms with E-state index in [-0.39, 0.29) is 0 Å². The highest BCUT2D eigenvalue weighted by Crippen LogP contribution is 2.51. The van der Waals surface area contributed by atoms with Crippen molar-refractivity contribution in [1.29, 1.82) is 0 Å². The molecule has 2 aromatic heterocycles. The highest BCUT2D eigenvalue weighted by atomic mass is 16.5. The van der Waals surface area contributed by atoms with Crippen molar-refractivity contribution in [3.8, 4) is 34.0 Å². The summed E-state index contributed by atoms with van der Waals surface area (Å²) in [4.78, 5) is 2.31. The van der Waals surface area contributed by atoms with E-state index in [1.165, 1.54) is 55.0 Å². The molecule has 10 rings (SSSR count). The summed E-state index contributed by atoms with van der Waals surface area (Å²) < 4.78 is 11.1. The molecule has 1 aliphatic heterocycles. The summed E-state index contributed by atoms with van der Waals surface area (Å²) in [6.45, 7) is 4.21. The molecule has 1 aliphatic rings. The van der Waals surface area contributed by atoms with Crippen molar-refractivity contribution in [2.75, 3.05) is 4.90 Å². The highest BCUT2D eigenvalue weighted by Gasteiger charge is 2.26. The van der Waals surface area contributed by atoms with Crippen molar-refractivity contribution < 1.29 is 4.74 Å². The van der Waals surface area contributed by atoms with Crippen LogP contribution in [-0.4, -0.2) is 9.13 Å². The molecule has 0 spiro atoms. The van der Waals surface area contributed by atoms with Crippen molar-refractivity contribution in [1.82, 2.24) is 9.13 Å². The number of fused-ring (bicyclic) bond motifs is 7. The number of nitrogens with zero attached hydrogens (tertiary/aromatic N) is 3. The van der Waals surface area contributed by atoms with Gasteiger partial charge in [0.25, 0.3) is 0 Å². The van der Waals surface area contributed by atoms with Gasteiger partial charge in [0.05, 0.1) is 27.9 Å². The Morgan fingerprint density at radius 2 is 1.06 bits per heavy atom. The number of para-hydroxylation sites is 1. The molecule has 0 amide bonds. The largest absolute Gasteiger partial charge is 0.453 e. The minimum Gasteiger partial charge on any atom is -0.453 e. The smallest absolute Gasteiger partial charge is 0.151 e. The molecule has 3 heterocycles. The lowest BCUT2D eigenvalue weighted by atomic mass is 10.1. The van der Waals surface area contributed by atoms with E-state index in [9.17, 15) is 0 Å².